The Labute approximate surface area is 182 Å². The van der Waals surface area contributed by atoms with Crippen LogP contribution < -0.4 is 14.8 Å². The molecule has 7 nitrogen and oxygen atoms in total. The smallest absolute Gasteiger partial charge is 0.344 e. The van der Waals surface area contributed by atoms with E-state index < -0.39 is 24.6 Å². The minimum atomic E-state index is -0.997. The second-order valence-corrected chi connectivity index (χ2v) is 7.23. The summed E-state index contributed by atoms with van der Waals surface area (Å²) in [6, 6.07) is 12.2. The van der Waals surface area contributed by atoms with Gasteiger partial charge in [0, 0.05) is 11.3 Å². The van der Waals surface area contributed by atoms with Crippen LogP contribution in [-0.4, -0.2) is 37.5 Å². The van der Waals surface area contributed by atoms with Crippen molar-refractivity contribution in [1.82, 2.24) is 0 Å². The molecule has 31 heavy (non-hydrogen) atoms. The van der Waals surface area contributed by atoms with Crippen molar-refractivity contribution in [3.8, 4) is 11.5 Å². The van der Waals surface area contributed by atoms with E-state index in [2.05, 4.69) is 19.2 Å². The van der Waals surface area contributed by atoms with Crippen LogP contribution in [0.4, 0.5) is 5.69 Å². The number of para-hydroxylation sites is 1. The van der Waals surface area contributed by atoms with Crippen molar-refractivity contribution < 1.29 is 28.6 Å². The Morgan fingerprint density at radius 2 is 1.74 bits per heavy atom. The Bertz CT molecular complexity index is 939. The van der Waals surface area contributed by atoms with Crippen molar-refractivity contribution in [2.45, 2.75) is 46.1 Å². The molecule has 0 radical (unpaired) electrons. The Kier molecular flexibility index (Phi) is 8.61. The predicted octanol–water partition coefficient (Wildman–Crippen LogP) is 4.36. The molecule has 2 aromatic rings. The summed E-state index contributed by atoms with van der Waals surface area (Å²) in [6.07, 6.45) is -0.0610. The lowest BCUT2D eigenvalue weighted by molar-refractivity contribution is -0.155. The number of hydrogen-bond acceptors (Lipinski definition) is 6. The number of ketones is 1. The molecule has 0 aliphatic heterocycles. The molecule has 0 unspecified atom stereocenters. The molecule has 2 rings (SSSR count). The van der Waals surface area contributed by atoms with Crippen LogP contribution in [0.25, 0.3) is 0 Å². The fourth-order valence-electron chi connectivity index (χ4n) is 2.92. The highest BCUT2D eigenvalue weighted by molar-refractivity contribution is 5.96. The maximum Gasteiger partial charge on any atom is 0.344 e. The molecule has 0 saturated heterocycles. The van der Waals surface area contributed by atoms with Crippen LogP contribution >= 0.6 is 0 Å². The number of carbonyl (C=O) groups excluding carboxylic acids is 3. The van der Waals surface area contributed by atoms with Crippen LogP contribution in [0.3, 0.4) is 0 Å². The van der Waals surface area contributed by atoms with E-state index in [0.29, 0.717) is 22.7 Å². The number of benzene rings is 2. The van der Waals surface area contributed by atoms with Gasteiger partial charge in [0.15, 0.2) is 30.0 Å². The van der Waals surface area contributed by atoms with Crippen LogP contribution in [-0.2, 0) is 14.3 Å². The van der Waals surface area contributed by atoms with Gasteiger partial charge < -0.3 is 19.5 Å². The van der Waals surface area contributed by atoms with Gasteiger partial charge in [0.2, 0.25) is 0 Å². The normalized spacial score (nSPS) is 12.4. The molecule has 1 N–H and O–H groups in total. The number of rotatable bonds is 10. The summed E-state index contributed by atoms with van der Waals surface area (Å²) in [5.41, 5.74) is 2.20. The first kappa shape index (κ1) is 23.9. The van der Waals surface area contributed by atoms with Crippen molar-refractivity contribution in [3.63, 3.8) is 0 Å². The number of ether oxygens (including phenoxy) is 3. The van der Waals surface area contributed by atoms with Crippen molar-refractivity contribution in [2.75, 3.05) is 19.0 Å². The van der Waals surface area contributed by atoms with Gasteiger partial charge in [-0.15, -0.1) is 0 Å². The average Bonchev–Trinajstić information content (AvgIpc) is 2.77. The summed E-state index contributed by atoms with van der Waals surface area (Å²) < 4.78 is 15.8. The fourth-order valence-corrected chi connectivity index (χ4v) is 2.92. The molecule has 0 aliphatic carbocycles. The third-order valence-electron chi connectivity index (χ3n) is 4.96. The second kappa shape index (κ2) is 11.2. The quantitative estimate of drug-likeness (QED) is 0.447. The van der Waals surface area contributed by atoms with Gasteiger partial charge >= 0.3 is 5.97 Å². The summed E-state index contributed by atoms with van der Waals surface area (Å²) in [5.74, 6) is -0.328. The second-order valence-electron chi connectivity index (χ2n) is 7.23. The molecule has 0 saturated carbocycles. The fraction of sp³-hybridized carbons (Fsp3) is 0.375. The lowest BCUT2D eigenvalue weighted by Crippen LogP contribution is -2.32. The average molecular weight is 427 g/mol. The number of methoxy groups -OCH3 is 1. The Morgan fingerprint density at radius 1 is 1.03 bits per heavy atom. The summed E-state index contributed by atoms with van der Waals surface area (Å²) in [5, 5.41) is 2.83. The first-order valence-corrected chi connectivity index (χ1v) is 10.2. The molecule has 0 spiro atoms. The van der Waals surface area contributed by atoms with Crippen LogP contribution in [0.5, 0.6) is 11.5 Å². The Hall–Kier alpha value is -3.35. The molecule has 166 valence electrons. The van der Waals surface area contributed by atoms with Crippen LogP contribution in [0.2, 0.25) is 0 Å². The molecule has 2 atom stereocenters. The molecule has 2 aromatic carbocycles. The lowest BCUT2D eigenvalue weighted by atomic mass is 9.97. The topological polar surface area (TPSA) is 90.9 Å². The highest BCUT2D eigenvalue weighted by atomic mass is 16.6. The van der Waals surface area contributed by atoms with Gasteiger partial charge in [-0.2, -0.15) is 0 Å². The summed E-state index contributed by atoms with van der Waals surface area (Å²) in [4.78, 5) is 36.1. The van der Waals surface area contributed by atoms with E-state index in [0.717, 1.165) is 12.0 Å². The zero-order valence-corrected chi connectivity index (χ0v) is 18.6. The molecule has 1 amide bonds. The number of nitrogens with one attached hydrogen (secondary N) is 1. The Balaban J connectivity index is 1.94. The SMILES string of the molecule is CC[C@@H](C)c1ccccc1NC(=O)[C@H](C)OC(=O)COc1ccc(C(C)=O)cc1OC. The van der Waals surface area contributed by atoms with Crippen molar-refractivity contribution in [3.05, 3.63) is 53.6 Å². The maximum absolute atomic E-state index is 12.5. The zero-order chi connectivity index (χ0) is 23.0. The molecular weight excluding hydrogens is 398 g/mol. The molecule has 0 bridgehead atoms. The summed E-state index contributed by atoms with van der Waals surface area (Å²) in [7, 11) is 1.44. The minimum Gasteiger partial charge on any atom is -0.493 e. The van der Waals surface area contributed by atoms with E-state index in [1.165, 1.54) is 27.0 Å². The van der Waals surface area contributed by atoms with Gasteiger partial charge in [-0.1, -0.05) is 32.0 Å². The molecule has 0 aliphatic rings. The zero-order valence-electron chi connectivity index (χ0n) is 18.6. The molecule has 7 heteroatoms. The van der Waals surface area contributed by atoms with Gasteiger partial charge in [0.1, 0.15) is 0 Å². The van der Waals surface area contributed by atoms with E-state index in [1.807, 2.05) is 24.3 Å². The third kappa shape index (κ3) is 6.57. The van der Waals surface area contributed by atoms with E-state index in [1.54, 1.807) is 12.1 Å². The molecular formula is C24H29NO6. The van der Waals surface area contributed by atoms with E-state index in [-0.39, 0.29) is 11.7 Å². The number of anilines is 1. The number of amides is 1. The van der Waals surface area contributed by atoms with E-state index >= 15 is 0 Å². The summed E-state index contributed by atoms with van der Waals surface area (Å²) in [6.45, 7) is 6.71. The number of Topliss-reactive ketones (excluding diaryl/α,β-unsaturated/α-hetero) is 1. The number of esters is 1. The van der Waals surface area contributed by atoms with Gasteiger partial charge in [0.25, 0.3) is 5.91 Å². The monoisotopic (exact) mass is 427 g/mol. The van der Waals surface area contributed by atoms with E-state index in [4.69, 9.17) is 14.2 Å². The van der Waals surface area contributed by atoms with Crippen LogP contribution in [0.15, 0.2) is 42.5 Å². The lowest BCUT2D eigenvalue weighted by Gasteiger charge is -2.18. The first-order chi connectivity index (χ1) is 14.8. The van der Waals surface area contributed by atoms with Gasteiger partial charge in [-0.05, 0) is 56.0 Å². The van der Waals surface area contributed by atoms with Gasteiger partial charge in [0.05, 0.1) is 7.11 Å². The van der Waals surface area contributed by atoms with Gasteiger partial charge in [-0.25, -0.2) is 4.79 Å². The van der Waals surface area contributed by atoms with Crippen LogP contribution in [0, 0.1) is 0 Å². The van der Waals surface area contributed by atoms with Crippen LogP contribution in [0.1, 0.15) is 56.0 Å². The highest BCUT2D eigenvalue weighted by Crippen LogP contribution is 2.28. The minimum absolute atomic E-state index is 0.112. The Morgan fingerprint density at radius 3 is 2.39 bits per heavy atom. The first-order valence-electron chi connectivity index (χ1n) is 10.2. The number of hydrogen-bond donors (Lipinski definition) is 1. The standard InChI is InChI=1S/C24H29NO6/c1-6-15(2)19-9-7-8-10-20(19)25-24(28)17(4)31-23(27)14-30-21-12-11-18(16(3)26)13-22(21)29-5/h7-13,15,17H,6,14H2,1-5H3,(H,25,28)/t15-,17+/m1/s1. The largest absolute Gasteiger partial charge is 0.493 e. The van der Waals surface area contributed by atoms with Gasteiger partial charge in [-0.3, -0.25) is 9.59 Å². The number of carbonyl (C=O) groups is 3. The third-order valence-corrected chi connectivity index (χ3v) is 4.96. The van der Waals surface area contributed by atoms with Crippen molar-refractivity contribution in [1.29, 1.82) is 0 Å². The predicted molar refractivity (Wildman–Crippen MR) is 118 cm³/mol. The van der Waals surface area contributed by atoms with Crippen molar-refractivity contribution in [2.24, 2.45) is 0 Å². The molecule has 0 fully saturated rings. The van der Waals surface area contributed by atoms with Crippen molar-refractivity contribution >= 4 is 23.3 Å². The maximum atomic E-state index is 12.5. The highest BCUT2D eigenvalue weighted by Gasteiger charge is 2.20. The molecule has 0 aromatic heterocycles. The molecule has 0 heterocycles. The summed E-state index contributed by atoms with van der Waals surface area (Å²) >= 11 is 0. The van der Waals surface area contributed by atoms with E-state index in [9.17, 15) is 14.4 Å².